The van der Waals surface area contributed by atoms with Crippen molar-refractivity contribution in [2.24, 2.45) is 5.90 Å². The fraction of sp³-hybridized carbons (Fsp3) is 0.800. The van der Waals surface area contributed by atoms with E-state index in [0.717, 1.165) is 0 Å². The summed E-state index contributed by atoms with van der Waals surface area (Å²) in [5.41, 5.74) is 0. The van der Waals surface area contributed by atoms with Crippen LogP contribution in [0.1, 0.15) is 12.8 Å². The second-order valence-corrected chi connectivity index (χ2v) is 1.69. The van der Waals surface area contributed by atoms with Crippen LogP contribution >= 0.6 is 0 Å². The lowest BCUT2D eigenvalue weighted by Gasteiger charge is -1.76. The second-order valence-electron chi connectivity index (χ2n) is 1.69. The number of hydrogen-bond donors (Lipinski definition) is 2. The average Bonchev–Trinajstić information content (AvgIpc) is 2.43. The number of carbonyl (C=O) groups excluding carboxylic acids is 1. The minimum atomic E-state index is 0.153. The van der Waals surface area contributed by atoms with E-state index in [1.807, 2.05) is 0 Å². The number of nitrogens with one attached hydrogen (secondary N) is 1. The van der Waals surface area contributed by atoms with Crippen molar-refractivity contribution in [2.45, 2.75) is 12.8 Å². The Bertz CT molecular complexity index is 56.4. The summed E-state index contributed by atoms with van der Waals surface area (Å²) in [5, 5.41) is 3.22. The van der Waals surface area contributed by atoms with Crippen molar-refractivity contribution in [2.75, 3.05) is 13.1 Å². The van der Waals surface area contributed by atoms with Crippen molar-refractivity contribution in [1.82, 2.24) is 5.32 Å². The Morgan fingerprint density at radius 2 is 1.89 bits per heavy atom. The van der Waals surface area contributed by atoms with Gasteiger partial charge in [0.05, 0.1) is 0 Å². The molecule has 0 atom stereocenters. The molecule has 54 valence electrons. The Hall–Kier alpha value is -0.610. The molecule has 4 heteroatoms. The van der Waals surface area contributed by atoms with Crippen LogP contribution < -0.4 is 11.2 Å². The maximum absolute atomic E-state index is 8.83. The normalized spacial score (nSPS) is 15.7. The molecule has 0 aromatic heterocycles. The molecule has 0 unspecified atom stereocenters. The van der Waals surface area contributed by atoms with Gasteiger partial charge in [-0.3, -0.25) is 4.79 Å². The Balaban J connectivity index is 0.000000148. The molecule has 1 fully saturated rings. The molecule has 1 saturated heterocycles. The molecular formula is C5H12N2O2. The van der Waals surface area contributed by atoms with Gasteiger partial charge in [-0.2, -0.15) is 5.90 Å². The molecule has 0 radical (unpaired) electrons. The molecule has 4 nitrogen and oxygen atoms in total. The summed E-state index contributed by atoms with van der Waals surface area (Å²) in [6.45, 7) is 2.65. The Morgan fingerprint density at radius 1 is 1.44 bits per heavy atom. The summed E-state index contributed by atoms with van der Waals surface area (Å²) in [7, 11) is 0. The largest absolute Gasteiger partial charge is 0.376 e. The number of nitrogens with two attached hydrogens (primary N) is 1. The van der Waals surface area contributed by atoms with Crippen LogP contribution in [0, 0.1) is 0 Å². The maximum atomic E-state index is 8.83. The first-order valence-electron chi connectivity index (χ1n) is 2.91. The zero-order chi connectivity index (χ0) is 6.95. The van der Waals surface area contributed by atoms with Gasteiger partial charge in [0, 0.05) is 0 Å². The van der Waals surface area contributed by atoms with Crippen molar-refractivity contribution in [1.29, 1.82) is 0 Å². The van der Waals surface area contributed by atoms with E-state index in [9.17, 15) is 0 Å². The van der Waals surface area contributed by atoms with Gasteiger partial charge in [0.15, 0.2) is 0 Å². The van der Waals surface area contributed by atoms with Gasteiger partial charge in [0.1, 0.15) is 0 Å². The van der Waals surface area contributed by atoms with Crippen molar-refractivity contribution in [3.8, 4) is 0 Å². The minimum Gasteiger partial charge on any atom is -0.376 e. The standard InChI is InChI=1S/C4H9N.CH3NO2/c1-2-4-5-3-1;2-4-1-3/h5H,1-4H2;1H,2H2. The van der Waals surface area contributed by atoms with Crippen LogP contribution in [0.25, 0.3) is 0 Å². The predicted octanol–water partition coefficient (Wildman–Crippen LogP) is -0.597. The third-order valence-corrected chi connectivity index (χ3v) is 1.01. The van der Waals surface area contributed by atoms with Crippen LogP contribution in [0.2, 0.25) is 0 Å². The topological polar surface area (TPSA) is 64.3 Å². The molecule has 3 N–H and O–H groups in total. The molecule has 0 aliphatic carbocycles. The van der Waals surface area contributed by atoms with Gasteiger partial charge < -0.3 is 10.2 Å². The van der Waals surface area contributed by atoms with E-state index in [2.05, 4.69) is 16.1 Å². The highest BCUT2D eigenvalue weighted by molar-refractivity contribution is 5.35. The lowest BCUT2D eigenvalue weighted by atomic mass is 10.4. The Morgan fingerprint density at radius 3 is 2.00 bits per heavy atom. The van der Waals surface area contributed by atoms with Gasteiger partial charge in [-0.05, 0) is 25.9 Å². The second kappa shape index (κ2) is 7.39. The molecule has 0 amide bonds. The molecule has 0 spiro atoms. The molecule has 1 aliphatic rings. The van der Waals surface area contributed by atoms with Crippen molar-refractivity contribution in [3.05, 3.63) is 0 Å². The number of carbonyl (C=O) groups is 1. The summed E-state index contributed by atoms with van der Waals surface area (Å²) < 4.78 is 0. The van der Waals surface area contributed by atoms with Crippen LogP contribution in [0.4, 0.5) is 0 Å². The summed E-state index contributed by atoms with van der Waals surface area (Å²) in [6.07, 6.45) is 2.78. The summed E-state index contributed by atoms with van der Waals surface area (Å²) in [4.78, 5) is 12.2. The van der Waals surface area contributed by atoms with Crippen molar-refractivity contribution >= 4 is 6.47 Å². The maximum Gasteiger partial charge on any atom is 0.312 e. The predicted molar refractivity (Wildman–Crippen MR) is 33.4 cm³/mol. The molecule has 0 aromatic carbocycles. The highest BCUT2D eigenvalue weighted by atomic mass is 16.6. The molecule has 0 bridgehead atoms. The zero-order valence-electron chi connectivity index (χ0n) is 5.30. The molecule has 0 saturated carbocycles. The fourth-order valence-electron chi connectivity index (χ4n) is 0.625. The first-order chi connectivity index (χ1) is 4.41. The van der Waals surface area contributed by atoms with Crippen molar-refractivity contribution in [3.63, 3.8) is 0 Å². The van der Waals surface area contributed by atoms with Crippen LogP contribution in [0.5, 0.6) is 0 Å². The first-order valence-corrected chi connectivity index (χ1v) is 2.91. The monoisotopic (exact) mass is 132 g/mol. The van der Waals surface area contributed by atoms with E-state index in [1.165, 1.54) is 25.9 Å². The molecule has 1 aliphatic heterocycles. The summed E-state index contributed by atoms with van der Waals surface area (Å²) in [6, 6.07) is 0. The molecule has 0 aromatic rings. The summed E-state index contributed by atoms with van der Waals surface area (Å²) in [5.74, 6) is 4.16. The van der Waals surface area contributed by atoms with Crippen LogP contribution in [0.3, 0.4) is 0 Å². The molecular weight excluding hydrogens is 120 g/mol. The van der Waals surface area contributed by atoms with Gasteiger partial charge in [-0.25, -0.2) is 0 Å². The number of rotatable bonds is 1. The highest BCUT2D eigenvalue weighted by Gasteiger charge is 1.93. The molecule has 9 heavy (non-hydrogen) atoms. The van der Waals surface area contributed by atoms with E-state index >= 15 is 0 Å². The quantitative estimate of drug-likeness (QED) is 0.369. The smallest absolute Gasteiger partial charge is 0.312 e. The molecule has 1 heterocycles. The lowest BCUT2D eigenvalue weighted by Crippen LogP contribution is -2.03. The van der Waals surface area contributed by atoms with E-state index in [4.69, 9.17) is 4.79 Å². The van der Waals surface area contributed by atoms with Crippen molar-refractivity contribution < 1.29 is 9.63 Å². The van der Waals surface area contributed by atoms with Crippen LogP contribution in [-0.2, 0) is 9.63 Å². The van der Waals surface area contributed by atoms with E-state index < -0.39 is 0 Å². The molecule has 1 rings (SSSR count). The third-order valence-electron chi connectivity index (χ3n) is 1.01. The first kappa shape index (κ1) is 8.39. The Labute approximate surface area is 54.3 Å². The van der Waals surface area contributed by atoms with Gasteiger partial charge in [-0.1, -0.05) is 0 Å². The Kier molecular flexibility index (Phi) is 6.89. The van der Waals surface area contributed by atoms with Gasteiger partial charge in [0.2, 0.25) is 0 Å². The summed E-state index contributed by atoms with van der Waals surface area (Å²) >= 11 is 0. The van der Waals surface area contributed by atoms with E-state index in [0.29, 0.717) is 0 Å². The fourth-order valence-corrected chi connectivity index (χ4v) is 0.625. The third kappa shape index (κ3) is 7.39. The highest BCUT2D eigenvalue weighted by Crippen LogP contribution is 1.90. The van der Waals surface area contributed by atoms with Gasteiger partial charge in [0.25, 0.3) is 0 Å². The average molecular weight is 132 g/mol. The van der Waals surface area contributed by atoms with E-state index in [-0.39, 0.29) is 6.47 Å². The van der Waals surface area contributed by atoms with Gasteiger partial charge in [-0.15, -0.1) is 0 Å². The zero-order valence-corrected chi connectivity index (χ0v) is 5.30. The minimum absolute atomic E-state index is 0.153. The number of hydrogen-bond acceptors (Lipinski definition) is 4. The van der Waals surface area contributed by atoms with Gasteiger partial charge >= 0.3 is 6.47 Å². The lowest BCUT2D eigenvalue weighted by molar-refractivity contribution is -0.129. The SMILES string of the molecule is C1CCNC1.NOC=O. The van der Waals surface area contributed by atoms with E-state index in [1.54, 1.807) is 0 Å². The van der Waals surface area contributed by atoms with Crippen LogP contribution in [-0.4, -0.2) is 19.6 Å². The van der Waals surface area contributed by atoms with Crippen LogP contribution in [0.15, 0.2) is 0 Å².